The van der Waals surface area contributed by atoms with E-state index in [-0.39, 0.29) is 0 Å². The summed E-state index contributed by atoms with van der Waals surface area (Å²) < 4.78 is 0. The number of unbranched alkanes of at least 4 members (excludes halogenated alkanes) is 1. The molecule has 0 spiro atoms. The van der Waals surface area contributed by atoms with E-state index in [1.807, 2.05) is 11.3 Å². The van der Waals surface area contributed by atoms with Crippen LogP contribution in [0.15, 0.2) is 17.5 Å². The summed E-state index contributed by atoms with van der Waals surface area (Å²) in [4.78, 5) is 3.95. The van der Waals surface area contributed by atoms with Crippen LogP contribution in [0.1, 0.15) is 24.1 Å². The molecule has 0 bridgehead atoms. The van der Waals surface area contributed by atoms with E-state index in [0.717, 1.165) is 5.33 Å². The molecule has 86 valence electrons. The Balaban J connectivity index is 1.97. The molecule has 3 heteroatoms. The lowest BCUT2D eigenvalue weighted by molar-refractivity contribution is 0.328. The van der Waals surface area contributed by atoms with Crippen molar-refractivity contribution in [1.82, 2.24) is 4.90 Å². The second-order valence-electron chi connectivity index (χ2n) is 3.88. The van der Waals surface area contributed by atoms with Crippen LogP contribution in [0.4, 0.5) is 0 Å². The minimum Gasteiger partial charge on any atom is -0.306 e. The number of alkyl halides is 1. The predicted octanol–water partition coefficient (Wildman–Crippen LogP) is 3.79. The van der Waals surface area contributed by atoms with E-state index in [2.05, 4.69) is 45.4 Å². The molecule has 1 aromatic heterocycles. The fourth-order valence-electron chi connectivity index (χ4n) is 1.58. The van der Waals surface area contributed by atoms with Crippen LogP contribution in [-0.2, 0) is 6.42 Å². The van der Waals surface area contributed by atoms with Gasteiger partial charge >= 0.3 is 0 Å². The van der Waals surface area contributed by atoms with Crippen molar-refractivity contribution in [3.8, 4) is 0 Å². The van der Waals surface area contributed by atoms with E-state index in [1.165, 1.54) is 43.6 Å². The van der Waals surface area contributed by atoms with Gasteiger partial charge in [-0.15, -0.1) is 11.3 Å². The molecule has 0 radical (unpaired) electrons. The standard InChI is InChI=1S/C12H20BrNS/c1-14(10-5-8-13)9-3-2-6-12-7-4-11-15-12/h4,7,11H,2-3,5-6,8-10H2,1H3. The van der Waals surface area contributed by atoms with E-state index in [4.69, 9.17) is 0 Å². The molecule has 0 atom stereocenters. The van der Waals surface area contributed by atoms with Crippen molar-refractivity contribution < 1.29 is 0 Å². The Labute approximate surface area is 106 Å². The number of halogens is 1. The van der Waals surface area contributed by atoms with Crippen LogP contribution in [0, 0.1) is 0 Å². The third-order valence-corrected chi connectivity index (χ3v) is 3.96. The number of hydrogen-bond acceptors (Lipinski definition) is 2. The monoisotopic (exact) mass is 289 g/mol. The molecule has 0 saturated carbocycles. The lowest BCUT2D eigenvalue weighted by Crippen LogP contribution is -2.21. The molecule has 0 aliphatic rings. The van der Waals surface area contributed by atoms with Gasteiger partial charge in [-0.2, -0.15) is 0 Å². The number of hydrogen-bond donors (Lipinski definition) is 0. The van der Waals surface area contributed by atoms with Crippen molar-refractivity contribution in [3.05, 3.63) is 22.4 Å². The molecule has 1 aromatic rings. The van der Waals surface area contributed by atoms with Gasteiger partial charge in [0.25, 0.3) is 0 Å². The quantitative estimate of drug-likeness (QED) is 0.520. The second-order valence-corrected chi connectivity index (χ2v) is 5.71. The summed E-state index contributed by atoms with van der Waals surface area (Å²) in [6.07, 6.45) is 5.14. The largest absolute Gasteiger partial charge is 0.306 e. The maximum atomic E-state index is 3.46. The summed E-state index contributed by atoms with van der Waals surface area (Å²) in [5.74, 6) is 0. The first kappa shape index (κ1) is 13.2. The van der Waals surface area contributed by atoms with E-state index in [1.54, 1.807) is 0 Å². The van der Waals surface area contributed by atoms with Gasteiger partial charge in [0.1, 0.15) is 0 Å². The number of nitrogens with zero attached hydrogens (tertiary/aromatic N) is 1. The maximum absolute atomic E-state index is 3.46. The summed E-state index contributed by atoms with van der Waals surface area (Å²) in [6, 6.07) is 4.38. The lowest BCUT2D eigenvalue weighted by Gasteiger charge is -2.15. The Bertz CT molecular complexity index is 236. The normalized spacial score (nSPS) is 11.1. The first-order valence-corrected chi connectivity index (χ1v) is 7.60. The van der Waals surface area contributed by atoms with Gasteiger partial charge in [-0.3, -0.25) is 0 Å². The van der Waals surface area contributed by atoms with Gasteiger partial charge in [-0.1, -0.05) is 22.0 Å². The third-order valence-electron chi connectivity index (χ3n) is 2.47. The average molecular weight is 290 g/mol. The van der Waals surface area contributed by atoms with Crippen molar-refractivity contribution in [1.29, 1.82) is 0 Å². The highest BCUT2D eigenvalue weighted by Crippen LogP contribution is 2.11. The van der Waals surface area contributed by atoms with Crippen LogP contribution in [0.3, 0.4) is 0 Å². The Morgan fingerprint density at radius 3 is 2.73 bits per heavy atom. The molecule has 0 unspecified atom stereocenters. The molecule has 0 aliphatic carbocycles. The van der Waals surface area contributed by atoms with E-state index < -0.39 is 0 Å². The van der Waals surface area contributed by atoms with E-state index in [9.17, 15) is 0 Å². The molecule has 0 N–H and O–H groups in total. The fourth-order valence-corrected chi connectivity index (χ4v) is 2.58. The molecule has 0 saturated heterocycles. The topological polar surface area (TPSA) is 3.24 Å². The van der Waals surface area contributed by atoms with Crippen LogP contribution in [0.25, 0.3) is 0 Å². The first-order valence-electron chi connectivity index (χ1n) is 5.60. The smallest absolute Gasteiger partial charge is 0.00452 e. The van der Waals surface area contributed by atoms with Gasteiger partial charge in [0.15, 0.2) is 0 Å². The number of rotatable bonds is 8. The number of aryl methyl sites for hydroxylation is 1. The molecule has 15 heavy (non-hydrogen) atoms. The van der Waals surface area contributed by atoms with Gasteiger partial charge in [-0.25, -0.2) is 0 Å². The van der Waals surface area contributed by atoms with Gasteiger partial charge < -0.3 is 4.90 Å². The van der Waals surface area contributed by atoms with Crippen molar-refractivity contribution >= 4 is 27.3 Å². The zero-order chi connectivity index (χ0) is 10.9. The Kier molecular flexibility index (Phi) is 7.32. The lowest BCUT2D eigenvalue weighted by atomic mass is 10.2. The van der Waals surface area contributed by atoms with Crippen LogP contribution in [0.2, 0.25) is 0 Å². The Morgan fingerprint density at radius 1 is 1.27 bits per heavy atom. The summed E-state index contributed by atoms with van der Waals surface area (Å²) in [6.45, 7) is 2.45. The molecular weight excluding hydrogens is 270 g/mol. The van der Waals surface area contributed by atoms with Crippen molar-refractivity contribution in [3.63, 3.8) is 0 Å². The zero-order valence-corrected chi connectivity index (χ0v) is 11.8. The van der Waals surface area contributed by atoms with Crippen LogP contribution < -0.4 is 0 Å². The van der Waals surface area contributed by atoms with Crippen LogP contribution in [0.5, 0.6) is 0 Å². The summed E-state index contributed by atoms with van der Waals surface area (Å²) in [7, 11) is 2.22. The van der Waals surface area contributed by atoms with Crippen molar-refractivity contribution in [2.24, 2.45) is 0 Å². The molecule has 0 fully saturated rings. The SMILES string of the molecule is CN(CCCBr)CCCCc1cccs1. The van der Waals surface area contributed by atoms with E-state index in [0.29, 0.717) is 0 Å². The van der Waals surface area contributed by atoms with Gasteiger partial charge in [0.05, 0.1) is 0 Å². The van der Waals surface area contributed by atoms with Gasteiger partial charge in [-0.05, 0) is 57.3 Å². The highest BCUT2D eigenvalue weighted by molar-refractivity contribution is 9.09. The minimum atomic E-state index is 1.12. The molecule has 0 aliphatic heterocycles. The number of thiophene rings is 1. The second kappa shape index (κ2) is 8.31. The van der Waals surface area contributed by atoms with Crippen molar-refractivity contribution in [2.75, 3.05) is 25.5 Å². The van der Waals surface area contributed by atoms with E-state index >= 15 is 0 Å². The minimum absolute atomic E-state index is 1.12. The first-order chi connectivity index (χ1) is 7.33. The average Bonchev–Trinajstić information content (AvgIpc) is 2.74. The predicted molar refractivity (Wildman–Crippen MR) is 73.2 cm³/mol. The summed E-state index contributed by atoms with van der Waals surface area (Å²) in [5.41, 5.74) is 0. The molecular formula is C12H20BrNS. The Hall–Kier alpha value is 0.140. The third kappa shape index (κ3) is 6.33. The van der Waals surface area contributed by atoms with Gasteiger partial charge in [0.2, 0.25) is 0 Å². The Morgan fingerprint density at radius 2 is 2.07 bits per heavy atom. The molecule has 0 amide bonds. The molecule has 1 nitrogen and oxygen atoms in total. The zero-order valence-electron chi connectivity index (χ0n) is 9.42. The van der Waals surface area contributed by atoms with Gasteiger partial charge in [0, 0.05) is 10.2 Å². The maximum Gasteiger partial charge on any atom is 0.00452 e. The highest BCUT2D eigenvalue weighted by Gasteiger charge is 1.98. The van der Waals surface area contributed by atoms with Crippen LogP contribution in [-0.4, -0.2) is 30.4 Å². The highest BCUT2D eigenvalue weighted by atomic mass is 79.9. The molecule has 1 rings (SSSR count). The summed E-state index contributed by atoms with van der Waals surface area (Å²) in [5, 5.41) is 3.28. The molecule has 1 heterocycles. The van der Waals surface area contributed by atoms with Crippen LogP contribution >= 0.6 is 27.3 Å². The summed E-state index contributed by atoms with van der Waals surface area (Å²) >= 11 is 5.34. The van der Waals surface area contributed by atoms with Crippen molar-refractivity contribution in [2.45, 2.75) is 25.7 Å². The molecule has 0 aromatic carbocycles. The fraction of sp³-hybridized carbons (Fsp3) is 0.667.